The number of esters is 1. The first-order valence-corrected chi connectivity index (χ1v) is 6.71. The minimum Gasteiger partial charge on any atom is -0.464 e. The maximum absolute atomic E-state index is 13.7. The van der Waals surface area contributed by atoms with E-state index in [4.69, 9.17) is 5.73 Å². The zero-order valence-electron chi connectivity index (χ0n) is 12.4. The number of carbonyl (C=O) groups is 1. The number of methoxy groups -OCH3 is 1. The lowest BCUT2D eigenvalue weighted by molar-refractivity contribution is 0.0592. The van der Waals surface area contributed by atoms with E-state index in [1.807, 2.05) is 0 Å². The molecule has 0 saturated heterocycles. The molecule has 0 amide bonds. The van der Waals surface area contributed by atoms with Gasteiger partial charge in [-0.2, -0.15) is 4.68 Å². The summed E-state index contributed by atoms with van der Waals surface area (Å²) in [5, 5.41) is 17.5. The van der Waals surface area contributed by atoms with Gasteiger partial charge in [-0.05, 0) is 22.4 Å². The minimum absolute atomic E-state index is 0.00463. The van der Waals surface area contributed by atoms with Gasteiger partial charge in [0.1, 0.15) is 11.5 Å². The number of hydrogen-bond acceptors (Lipinski definition) is 9. The van der Waals surface area contributed by atoms with Gasteiger partial charge in [-0.1, -0.05) is 17.3 Å². The van der Waals surface area contributed by atoms with E-state index in [2.05, 4.69) is 35.3 Å². The minimum atomic E-state index is -0.707. The van der Waals surface area contributed by atoms with E-state index in [1.54, 1.807) is 18.2 Å². The van der Waals surface area contributed by atoms with Crippen molar-refractivity contribution in [2.24, 2.45) is 0 Å². The Labute approximate surface area is 134 Å². The van der Waals surface area contributed by atoms with Crippen LogP contribution in [-0.2, 0) is 11.3 Å². The quantitative estimate of drug-likeness (QED) is 0.649. The largest absolute Gasteiger partial charge is 0.464 e. The number of rotatable bonds is 5. The summed E-state index contributed by atoms with van der Waals surface area (Å²) < 4.78 is 24.1. The topological polar surface area (TPSA) is 134 Å². The third-order valence-corrected chi connectivity index (χ3v) is 3.16. The van der Waals surface area contributed by atoms with Crippen molar-refractivity contribution in [2.75, 3.05) is 18.2 Å². The molecule has 11 heteroatoms. The summed E-state index contributed by atoms with van der Waals surface area (Å²) in [5.41, 5.74) is 6.07. The second-order valence-electron chi connectivity index (χ2n) is 4.59. The standard InChI is InChI=1S/C13H12FN7O3/c1-23-13(22)10-9(6-16-8-5-3-2-4-7(8)14)21(20-17-10)12-11(15)18-24-19-12/h2-5,16H,6H2,1H3,(H2,15,18). The van der Waals surface area contributed by atoms with Gasteiger partial charge in [-0.25, -0.2) is 13.8 Å². The molecule has 0 atom stereocenters. The fourth-order valence-electron chi connectivity index (χ4n) is 2.01. The molecule has 0 saturated carbocycles. The Balaban J connectivity index is 1.98. The molecule has 3 aromatic rings. The number of benzene rings is 1. The predicted octanol–water partition coefficient (Wildman–Crippen LogP) is 0.770. The third-order valence-electron chi connectivity index (χ3n) is 3.16. The van der Waals surface area contributed by atoms with E-state index in [0.29, 0.717) is 0 Å². The molecule has 0 aliphatic heterocycles. The van der Waals surface area contributed by atoms with Gasteiger partial charge in [0, 0.05) is 0 Å². The Bertz CT molecular complexity index is 876. The van der Waals surface area contributed by atoms with Gasteiger partial charge in [0.15, 0.2) is 5.69 Å². The van der Waals surface area contributed by atoms with Crippen molar-refractivity contribution < 1.29 is 18.6 Å². The van der Waals surface area contributed by atoms with Crippen LogP contribution in [0.1, 0.15) is 16.2 Å². The van der Waals surface area contributed by atoms with Gasteiger partial charge in [0.2, 0.25) is 11.6 Å². The zero-order chi connectivity index (χ0) is 17.1. The fraction of sp³-hybridized carbons (Fsp3) is 0.154. The van der Waals surface area contributed by atoms with Crippen molar-refractivity contribution in [1.82, 2.24) is 25.3 Å². The first kappa shape index (κ1) is 15.4. The Morgan fingerprint density at radius 2 is 2.21 bits per heavy atom. The van der Waals surface area contributed by atoms with Gasteiger partial charge in [-0.3, -0.25) is 0 Å². The number of halogens is 1. The summed E-state index contributed by atoms with van der Waals surface area (Å²) in [6, 6.07) is 6.08. The molecule has 2 aromatic heterocycles. The van der Waals surface area contributed by atoms with Crippen molar-refractivity contribution in [1.29, 1.82) is 0 Å². The van der Waals surface area contributed by atoms with E-state index < -0.39 is 11.8 Å². The first-order chi connectivity index (χ1) is 11.6. The molecular weight excluding hydrogens is 321 g/mol. The number of aromatic nitrogens is 5. The van der Waals surface area contributed by atoms with Crippen LogP contribution in [0.2, 0.25) is 0 Å². The van der Waals surface area contributed by atoms with E-state index in [1.165, 1.54) is 17.9 Å². The lowest BCUT2D eigenvalue weighted by Crippen LogP contribution is -2.14. The smallest absolute Gasteiger partial charge is 0.360 e. The molecule has 3 N–H and O–H groups in total. The molecule has 3 rings (SSSR count). The van der Waals surface area contributed by atoms with Crippen molar-refractivity contribution in [2.45, 2.75) is 6.54 Å². The Kier molecular flexibility index (Phi) is 4.05. The summed E-state index contributed by atoms with van der Waals surface area (Å²) in [5.74, 6) is -1.13. The Morgan fingerprint density at radius 1 is 1.42 bits per heavy atom. The average Bonchev–Trinajstić information content (AvgIpc) is 3.19. The second kappa shape index (κ2) is 6.32. The van der Waals surface area contributed by atoms with Crippen molar-refractivity contribution in [3.05, 3.63) is 41.5 Å². The summed E-state index contributed by atoms with van der Waals surface area (Å²) >= 11 is 0. The summed E-state index contributed by atoms with van der Waals surface area (Å²) in [4.78, 5) is 11.8. The maximum Gasteiger partial charge on any atom is 0.360 e. The summed E-state index contributed by atoms with van der Waals surface area (Å²) in [6.45, 7) is 0.00463. The van der Waals surface area contributed by atoms with Crippen molar-refractivity contribution >= 4 is 17.5 Å². The van der Waals surface area contributed by atoms with Crippen LogP contribution in [0.3, 0.4) is 0 Å². The molecular formula is C13H12FN7O3. The van der Waals surface area contributed by atoms with Crippen LogP contribution in [-0.4, -0.2) is 38.4 Å². The molecule has 0 unspecified atom stereocenters. The van der Waals surface area contributed by atoms with Gasteiger partial charge in [0.25, 0.3) is 0 Å². The van der Waals surface area contributed by atoms with Crippen molar-refractivity contribution in [3.8, 4) is 5.82 Å². The van der Waals surface area contributed by atoms with Crippen LogP contribution in [0.15, 0.2) is 28.9 Å². The number of anilines is 2. The number of nitrogens with one attached hydrogen (secondary N) is 1. The monoisotopic (exact) mass is 333 g/mol. The van der Waals surface area contributed by atoms with Crippen LogP contribution in [0.4, 0.5) is 15.9 Å². The lowest BCUT2D eigenvalue weighted by Gasteiger charge is -2.09. The van der Waals surface area contributed by atoms with Crippen LogP contribution >= 0.6 is 0 Å². The molecule has 0 radical (unpaired) electrons. The molecule has 0 aliphatic carbocycles. The number of nitrogens with two attached hydrogens (primary N) is 1. The zero-order valence-corrected chi connectivity index (χ0v) is 12.4. The first-order valence-electron chi connectivity index (χ1n) is 6.71. The molecule has 10 nitrogen and oxygen atoms in total. The van der Waals surface area contributed by atoms with E-state index in [9.17, 15) is 9.18 Å². The predicted molar refractivity (Wildman–Crippen MR) is 78.7 cm³/mol. The van der Waals surface area contributed by atoms with E-state index in [0.717, 1.165) is 0 Å². The highest BCUT2D eigenvalue weighted by Gasteiger charge is 2.24. The normalized spacial score (nSPS) is 10.6. The maximum atomic E-state index is 13.7. The molecule has 124 valence electrons. The van der Waals surface area contributed by atoms with E-state index >= 15 is 0 Å². The number of hydrogen-bond donors (Lipinski definition) is 2. The number of nitrogen functional groups attached to an aromatic ring is 1. The SMILES string of the molecule is COC(=O)c1nnn(-c2nonc2N)c1CNc1ccccc1F. The number of para-hydroxylation sites is 1. The molecule has 24 heavy (non-hydrogen) atoms. The molecule has 0 bridgehead atoms. The molecule has 2 heterocycles. The second-order valence-corrected chi connectivity index (χ2v) is 4.59. The summed E-state index contributed by atoms with van der Waals surface area (Å²) in [7, 11) is 1.21. The highest BCUT2D eigenvalue weighted by Crippen LogP contribution is 2.19. The van der Waals surface area contributed by atoms with Gasteiger partial charge in [-0.15, -0.1) is 5.10 Å². The van der Waals surface area contributed by atoms with Gasteiger partial charge >= 0.3 is 5.97 Å². The van der Waals surface area contributed by atoms with Crippen LogP contribution in [0.25, 0.3) is 5.82 Å². The Morgan fingerprint density at radius 3 is 2.88 bits per heavy atom. The third kappa shape index (κ3) is 2.74. The molecule has 0 spiro atoms. The van der Waals surface area contributed by atoms with Gasteiger partial charge < -0.3 is 15.8 Å². The molecule has 0 fully saturated rings. The molecule has 1 aromatic carbocycles. The molecule has 0 aliphatic rings. The van der Waals surface area contributed by atoms with Crippen LogP contribution in [0.5, 0.6) is 0 Å². The fourth-order valence-corrected chi connectivity index (χ4v) is 2.01. The van der Waals surface area contributed by atoms with Crippen molar-refractivity contribution in [3.63, 3.8) is 0 Å². The van der Waals surface area contributed by atoms with Gasteiger partial charge in [0.05, 0.1) is 19.3 Å². The lowest BCUT2D eigenvalue weighted by atomic mass is 10.2. The van der Waals surface area contributed by atoms with E-state index in [-0.39, 0.29) is 35.3 Å². The Hall–Kier alpha value is -3.50. The highest BCUT2D eigenvalue weighted by atomic mass is 19.1. The number of ether oxygens (including phenoxy) is 1. The van der Waals surface area contributed by atoms with Crippen LogP contribution < -0.4 is 11.1 Å². The van der Waals surface area contributed by atoms with Crippen LogP contribution in [0, 0.1) is 5.82 Å². The number of carbonyl (C=O) groups excluding carboxylic acids is 1. The average molecular weight is 333 g/mol. The summed E-state index contributed by atoms with van der Waals surface area (Å²) in [6.07, 6.45) is 0. The number of nitrogens with zero attached hydrogens (tertiary/aromatic N) is 5. The highest BCUT2D eigenvalue weighted by molar-refractivity contribution is 5.88.